The summed E-state index contributed by atoms with van der Waals surface area (Å²) in [6, 6.07) is 14.0. The number of aromatic amines is 1. The van der Waals surface area contributed by atoms with E-state index < -0.39 is 0 Å². The number of rotatable bonds is 4. The van der Waals surface area contributed by atoms with Gasteiger partial charge in [-0.15, -0.1) is 0 Å². The highest BCUT2D eigenvalue weighted by atomic mass is 32.1. The van der Waals surface area contributed by atoms with E-state index in [2.05, 4.69) is 4.98 Å². The lowest BCUT2D eigenvalue weighted by Gasteiger charge is -2.02. The van der Waals surface area contributed by atoms with Gasteiger partial charge in [-0.25, -0.2) is 4.79 Å². The Morgan fingerprint density at radius 2 is 2.00 bits per heavy atom. The predicted octanol–water partition coefficient (Wildman–Crippen LogP) is 4.59. The Labute approximate surface area is 127 Å². The maximum atomic E-state index is 12.2. The topological polar surface area (TPSA) is 42.1 Å². The molecule has 0 radical (unpaired) electrons. The van der Waals surface area contributed by atoms with Crippen molar-refractivity contribution in [2.24, 2.45) is 0 Å². The van der Waals surface area contributed by atoms with Crippen LogP contribution in [0.25, 0.3) is 22.4 Å². The van der Waals surface area contributed by atoms with Crippen molar-refractivity contribution in [3.05, 3.63) is 58.9 Å². The Morgan fingerprint density at radius 1 is 1.19 bits per heavy atom. The second kappa shape index (κ2) is 5.97. The molecule has 0 atom stereocenters. The van der Waals surface area contributed by atoms with Crippen LogP contribution in [-0.2, 0) is 4.74 Å². The third-order valence-corrected chi connectivity index (χ3v) is 3.90. The van der Waals surface area contributed by atoms with Crippen LogP contribution in [0.4, 0.5) is 0 Å². The number of carbonyl (C=O) groups excluding carboxylic acids is 1. The van der Waals surface area contributed by atoms with Crippen LogP contribution in [0.2, 0.25) is 0 Å². The molecule has 4 heteroatoms. The second-order valence-electron chi connectivity index (χ2n) is 4.57. The molecule has 3 rings (SSSR count). The van der Waals surface area contributed by atoms with Gasteiger partial charge < -0.3 is 9.72 Å². The minimum absolute atomic E-state index is 0.319. The Kier molecular flexibility index (Phi) is 3.88. The summed E-state index contributed by atoms with van der Waals surface area (Å²) in [6.07, 6.45) is 0. The van der Waals surface area contributed by atoms with Gasteiger partial charge in [-0.1, -0.05) is 30.3 Å². The van der Waals surface area contributed by atoms with E-state index in [1.165, 1.54) is 0 Å². The average molecular weight is 297 g/mol. The number of esters is 1. The number of ether oxygens (including phenoxy) is 1. The largest absolute Gasteiger partial charge is 0.461 e. The maximum absolute atomic E-state index is 12.2. The highest BCUT2D eigenvalue weighted by Gasteiger charge is 2.18. The van der Waals surface area contributed by atoms with Gasteiger partial charge in [-0.2, -0.15) is 11.3 Å². The van der Waals surface area contributed by atoms with Crippen LogP contribution in [0.5, 0.6) is 0 Å². The van der Waals surface area contributed by atoms with Gasteiger partial charge in [-0.05, 0) is 40.9 Å². The standard InChI is InChI=1S/C17H15NO2S/c1-2-20-17(19)16-14(13-8-9-21-11-13)10-15(18-16)12-6-4-3-5-7-12/h3-11,18H,2H2,1H3. The molecule has 0 aliphatic heterocycles. The van der Waals surface area contributed by atoms with Crippen LogP contribution in [-0.4, -0.2) is 17.6 Å². The molecular weight excluding hydrogens is 282 g/mol. The van der Waals surface area contributed by atoms with E-state index in [0.29, 0.717) is 12.3 Å². The van der Waals surface area contributed by atoms with Gasteiger partial charge in [0.15, 0.2) is 0 Å². The van der Waals surface area contributed by atoms with Crippen molar-refractivity contribution >= 4 is 17.3 Å². The number of H-pyrrole nitrogens is 1. The zero-order valence-electron chi connectivity index (χ0n) is 11.6. The first-order chi connectivity index (χ1) is 10.3. The molecule has 0 saturated carbocycles. The summed E-state index contributed by atoms with van der Waals surface area (Å²) in [4.78, 5) is 15.4. The summed E-state index contributed by atoms with van der Waals surface area (Å²) in [5.41, 5.74) is 4.38. The summed E-state index contributed by atoms with van der Waals surface area (Å²) in [5.74, 6) is -0.319. The molecule has 1 aromatic carbocycles. The fourth-order valence-corrected chi connectivity index (χ4v) is 2.89. The van der Waals surface area contributed by atoms with E-state index in [4.69, 9.17) is 4.74 Å². The first-order valence-electron chi connectivity index (χ1n) is 6.77. The lowest BCUT2D eigenvalue weighted by molar-refractivity contribution is 0.0521. The molecule has 106 valence electrons. The molecule has 3 aromatic rings. The Hall–Kier alpha value is -2.33. The summed E-state index contributed by atoms with van der Waals surface area (Å²) in [6.45, 7) is 2.17. The molecule has 2 heterocycles. The third kappa shape index (κ3) is 2.76. The maximum Gasteiger partial charge on any atom is 0.355 e. The van der Waals surface area contributed by atoms with E-state index in [1.54, 1.807) is 11.3 Å². The van der Waals surface area contributed by atoms with Gasteiger partial charge in [0.1, 0.15) is 5.69 Å². The first-order valence-corrected chi connectivity index (χ1v) is 7.72. The molecule has 0 spiro atoms. The van der Waals surface area contributed by atoms with Gasteiger partial charge in [0, 0.05) is 11.3 Å². The molecule has 0 saturated heterocycles. The average Bonchev–Trinajstić information content (AvgIpc) is 3.17. The number of nitrogens with one attached hydrogen (secondary N) is 1. The van der Waals surface area contributed by atoms with E-state index in [9.17, 15) is 4.79 Å². The summed E-state index contributed by atoms with van der Waals surface area (Å²) in [7, 11) is 0. The first kappa shape index (κ1) is 13.6. The zero-order valence-corrected chi connectivity index (χ0v) is 12.4. The molecule has 0 aliphatic carbocycles. The van der Waals surface area contributed by atoms with Crippen LogP contribution in [0.15, 0.2) is 53.2 Å². The van der Waals surface area contributed by atoms with Crippen molar-refractivity contribution in [3.63, 3.8) is 0 Å². The fraction of sp³-hybridized carbons (Fsp3) is 0.118. The number of carbonyl (C=O) groups is 1. The number of thiophene rings is 1. The molecule has 0 aliphatic rings. The van der Waals surface area contributed by atoms with Crippen molar-refractivity contribution in [2.45, 2.75) is 6.92 Å². The number of hydrogen-bond acceptors (Lipinski definition) is 3. The Morgan fingerprint density at radius 3 is 2.67 bits per heavy atom. The zero-order chi connectivity index (χ0) is 14.7. The van der Waals surface area contributed by atoms with Gasteiger partial charge in [0.05, 0.1) is 6.61 Å². The number of aromatic nitrogens is 1. The molecule has 0 bridgehead atoms. The van der Waals surface area contributed by atoms with Crippen LogP contribution in [0.3, 0.4) is 0 Å². The van der Waals surface area contributed by atoms with E-state index in [1.807, 2.05) is 60.1 Å². The quantitative estimate of drug-likeness (QED) is 0.716. The smallest absolute Gasteiger partial charge is 0.355 e. The lowest BCUT2D eigenvalue weighted by atomic mass is 10.1. The summed E-state index contributed by atoms with van der Waals surface area (Å²) in [5, 5.41) is 4.03. The highest BCUT2D eigenvalue weighted by Crippen LogP contribution is 2.31. The van der Waals surface area contributed by atoms with Gasteiger partial charge in [-0.3, -0.25) is 0 Å². The SMILES string of the molecule is CCOC(=O)c1[nH]c(-c2ccccc2)cc1-c1ccsc1. The normalized spacial score (nSPS) is 10.5. The Bertz CT molecular complexity index is 730. The minimum atomic E-state index is -0.319. The molecule has 0 fully saturated rings. The number of hydrogen-bond donors (Lipinski definition) is 1. The van der Waals surface area contributed by atoms with Crippen LogP contribution in [0, 0.1) is 0 Å². The summed E-state index contributed by atoms with van der Waals surface area (Å²) < 4.78 is 5.15. The predicted molar refractivity (Wildman–Crippen MR) is 85.5 cm³/mol. The molecule has 2 aromatic heterocycles. The molecule has 0 amide bonds. The molecule has 21 heavy (non-hydrogen) atoms. The van der Waals surface area contributed by atoms with E-state index in [0.717, 1.165) is 22.4 Å². The van der Waals surface area contributed by atoms with Crippen molar-refractivity contribution < 1.29 is 9.53 Å². The highest BCUT2D eigenvalue weighted by molar-refractivity contribution is 7.08. The lowest BCUT2D eigenvalue weighted by Crippen LogP contribution is -2.06. The second-order valence-corrected chi connectivity index (χ2v) is 5.35. The molecule has 1 N–H and O–H groups in total. The van der Waals surface area contributed by atoms with Crippen molar-refractivity contribution in [1.29, 1.82) is 0 Å². The molecule has 3 nitrogen and oxygen atoms in total. The van der Waals surface area contributed by atoms with Crippen LogP contribution >= 0.6 is 11.3 Å². The monoisotopic (exact) mass is 297 g/mol. The van der Waals surface area contributed by atoms with Crippen molar-refractivity contribution in [3.8, 4) is 22.4 Å². The third-order valence-electron chi connectivity index (χ3n) is 3.21. The molecular formula is C17H15NO2S. The van der Waals surface area contributed by atoms with Crippen molar-refractivity contribution in [2.75, 3.05) is 6.61 Å². The van der Waals surface area contributed by atoms with Gasteiger partial charge in [0.2, 0.25) is 0 Å². The fourth-order valence-electron chi connectivity index (χ4n) is 2.24. The van der Waals surface area contributed by atoms with Crippen molar-refractivity contribution in [1.82, 2.24) is 4.98 Å². The summed E-state index contributed by atoms with van der Waals surface area (Å²) >= 11 is 1.61. The van der Waals surface area contributed by atoms with E-state index >= 15 is 0 Å². The van der Waals surface area contributed by atoms with Gasteiger partial charge in [0.25, 0.3) is 0 Å². The minimum Gasteiger partial charge on any atom is -0.461 e. The number of benzene rings is 1. The van der Waals surface area contributed by atoms with Crippen LogP contribution < -0.4 is 0 Å². The Balaban J connectivity index is 2.09. The van der Waals surface area contributed by atoms with E-state index in [-0.39, 0.29) is 5.97 Å². The van der Waals surface area contributed by atoms with Gasteiger partial charge >= 0.3 is 5.97 Å². The van der Waals surface area contributed by atoms with Crippen LogP contribution in [0.1, 0.15) is 17.4 Å². The molecule has 0 unspecified atom stereocenters.